The molecule has 0 aromatic carbocycles. The summed E-state index contributed by atoms with van der Waals surface area (Å²) in [5.41, 5.74) is 5.05. The molecule has 0 heterocycles. The van der Waals surface area contributed by atoms with Crippen LogP contribution in [0.3, 0.4) is 0 Å². The van der Waals surface area contributed by atoms with Crippen LogP contribution >= 0.6 is 0 Å². The fraction of sp³-hybridized carbons (Fsp3) is 0.909. The van der Waals surface area contributed by atoms with E-state index in [1.165, 1.54) is 70.6 Å². The van der Waals surface area contributed by atoms with Gasteiger partial charge in [0.2, 0.25) is 5.91 Å². The van der Waals surface area contributed by atoms with Gasteiger partial charge in [-0.05, 0) is 44.4 Å². The van der Waals surface area contributed by atoms with Crippen LogP contribution in [0.15, 0.2) is 0 Å². The highest BCUT2D eigenvalue weighted by Crippen LogP contribution is 2.35. The maximum atomic E-state index is 11.9. The van der Waals surface area contributed by atoms with Crippen LogP contribution in [0.4, 0.5) is 0 Å². The van der Waals surface area contributed by atoms with Crippen LogP contribution in [-0.2, 0) is 9.53 Å². The lowest BCUT2D eigenvalue weighted by Gasteiger charge is -2.21. The normalized spacial score (nSPS) is 19.0. The topological polar surface area (TPSA) is 88.2 Å². The van der Waals surface area contributed by atoms with Gasteiger partial charge >= 0.3 is 0 Å². The van der Waals surface area contributed by atoms with Crippen molar-refractivity contribution in [1.29, 1.82) is 5.41 Å². The summed E-state index contributed by atoms with van der Waals surface area (Å²) < 4.78 is 5.85. The van der Waals surface area contributed by atoms with Crippen molar-refractivity contribution in [2.45, 2.75) is 108 Å². The zero-order valence-electron chi connectivity index (χ0n) is 17.2. The van der Waals surface area contributed by atoms with Gasteiger partial charge in [-0.1, -0.05) is 57.8 Å². The first-order valence-corrected chi connectivity index (χ1v) is 11.4. The van der Waals surface area contributed by atoms with Gasteiger partial charge in [0, 0.05) is 19.6 Å². The number of nitrogens with one attached hydrogen (secondary N) is 2. The van der Waals surface area contributed by atoms with Crippen molar-refractivity contribution in [2.24, 2.45) is 11.7 Å². The Morgan fingerprint density at radius 3 is 2.15 bits per heavy atom. The van der Waals surface area contributed by atoms with E-state index >= 15 is 0 Å². The standard InChI is InChI=1S/C22H41N3O2/c23-21(24)22(15-16-22)25-20(26)14-10-5-3-1-2-4-6-11-17-27-18-19-12-8-7-9-13-19/h19H,1-18H2,(H3,23,24)(H,25,26). The van der Waals surface area contributed by atoms with Gasteiger partial charge in [0.25, 0.3) is 0 Å². The van der Waals surface area contributed by atoms with Crippen LogP contribution in [0.1, 0.15) is 103 Å². The zero-order valence-corrected chi connectivity index (χ0v) is 17.2. The molecule has 5 nitrogen and oxygen atoms in total. The third-order valence-corrected chi connectivity index (χ3v) is 6.17. The minimum Gasteiger partial charge on any atom is -0.386 e. The highest BCUT2D eigenvalue weighted by molar-refractivity contribution is 5.94. The molecular formula is C22H41N3O2. The van der Waals surface area contributed by atoms with Gasteiger partial charge in [-0.15, -0.1) is 0 Å². The first-order valence-electron chi connectivity index (χ1n) is 11.4. The molecule has 2 aliphatic rings. The molecule has 5 heteroatoms. The van der Waals surface area contributed by atoms with Gasteiger partial charge in [-0.25, -0.2) is 0 Å². The third-order valence-electron chi connectivity index (χ3n) is 6.17. The largest absolute Gasteiger partial charge is 0.386 e. The van der Waals surface area contributed by atoms with E-state index in [1.807, 2.05) is 0 Å². The molecule has 0 radical (unpaired) electrons. The molecule has 0 unspecified atom stereocenters. The predicted molar refractivity (Wildman–Crippen MR) is 111 cm³/mol. The van der Waals surface area contributed by atoms with E-state index < -0.39 is 5.54 Å². The van der Waals surface area contributed by atoms with Crippen molar-refractivity contribution in [3.8, 4) is 0 Å². The van der Waals surface area contributed by atoms with E-state index in [0.717, 1.165) is 44.8 Å². The fourth-order valence-corrected chi connectivity index (χ4v) is 4.07. The number of unbranched alkanes of at least 4 members (excludes halogenated alkanes) is 7. The van der Waals surface area contributed by atoms with Gasteiger partial charge in [0.1, 0.15) is 5.84 Å². The number of carbonyl (C=O) groups excluding carboxylic acids is 1. The Labute approximate surface area is 165 Å². The molecule has 27 heavy (non-hydrogen) atoms. The summed E-state index contributed by atoms with van der Waals surface area (Å²) in [5.74, 6) is 0.990. The summed E-state index contributed by atoms with van der Waals surface area (Å²) in [7, 11) is 0. The van der Waals surface area contributed by atoms with Crippen molar-refractivity contribution in [2.75, 3.05) is 13.2 Å². The lowest BCUT2D eigenvalue weighted by Crippen LogP contribution is -2.46. The SMILES string of the molecule is N=C(N)C1(NC(=O)CCCCCCCCCCOCC2CCCCC2)CC1. The Hall–Kier alpha value is -1.10. The zero-order chi connectivity index (χ0) is 19.4. The van der Waals surface area contributed by atoms with E-state index in [1.54, 1.807) is 0 Å². The molecule has 2 rings (SSSR count). The summed E-state index contributed by atoms with van der Waals surface area (Å²) in [4.78, 5) is 11.9. The van der Waals surface area contributed by atoms with E-state index in [9.17, 15) is 4.79 Å². The first-order chi connectivity index (χ1) is 13.1. The van der Waals surface area contributed by atoms with Gasteiger partial charge in [0.15, 0.2) is 0 Å². The molecule has 0 atom stereocenters. The predicted octanol–water partition coefficient (Wildman–Crippen LogP) is 4.68. The maximum Gasteiger partial charge on any atom is 0.220 e. The summed E-state index contributed by atoms with van der Waals surface area (Å²) in [6.07, 6.45) is 18.8. The smallest absolute Gasteiger partial charge is 0.220 e. The molecule has 0 aromatic rings. The Kier molecular flexibility index (Phi) is 10.2. The summed E-state index contributed by atoms with van der Waals surface area (Å²) >= 11 is 0. The monoisotopic (exact) mass is 379 g/mol. The van der Waals surface area contributed by atoms with Crippen molar-refractivity contribution in [1.82, 2.24) is 5.32 Å². The molecular weight excluding hydrogens is 338 g/mol. The highest BCUT2D eigenvalue weighted by atomic mass is 16.5. The quantitative estimate of drug-likeness (QED) is 0.219. The van der Waals surface area contributed by atoms with Gasteiger partial charge < -0.3 is 15.8 Å². The van der Waals surface area contributed by atoms with Crippen LogP contribution in [0.5, 0.6) is 0 Å². The van der Waals surface area contributed by atoms with Crippen LogP contribution in [0.25, 0.3) is 0 Å². The van der Waals surface area contributed by atoms with Crippen molar-refractivity contribution < 1.29 is 9.53 Å². The maximum absolute atomic E-state index is 11.9. The molecule has 2 aliphatic carbocycles. The highest BCUT2D eigenvalue weighted by Gasteiger charge is 2.47. The minimum atomic E-state index is -0.489. The Balaban J connectivity index is 1.30. The number of hydrogen-bond donors (Lipinski definition) is 3. The first kappa shape index (κ1) is 22.2. The second kappa shape index (κ2) is 12.4. The number of amidine groups is 1. The molecule has 0 spiro atoms. The molecule has 0 aliphatic heterocycles. The van der Waals surface area contributed by atoms with E-state index in [4.69, 9.17) is 15.9 Å². The van der Waals surface area contributed by atoms with Crippen molar-refractivity contribution in [3.05, 3.63) is 0 Å². The second-order valence-electron chi connectivity index (χ2n) is 8.70. The van der Waals surface area contributed by atoms with Gasteiger partial charge in [0.05, 0.1) is 5.54 Å². The Bertz CT molecular complexity index is 443. The number of ether oxygens (including phenoxy) is 1. The lowest BCUT2D eigenvalue weighted by atomic mass is 9.90. The van der Waals surface area contributed by atoms with Crippen LogP contribution in [0.2, 0.25) is 0 Å². The molecule has 0 bridgehead atoms. The Morgan fingerprint density at radius 2 is 1.56 bits per heavy atom. The van der Waals surface area contributed by atoms with Crippen LogP contribution in [-0.4, -0.2) is 30.5 Å². The lowest BCUT2D eigenvalue weighted by molar-refractivity contribution is -0.121. The average molecular weight is 380 g/mol. The third kappa shape index (κ3) is 9.09. The number of nitrogens with two attached hydrogens (primary N) is 1. The summed E-state index contributed by atoms with van der Waals surface area (Å²) in [5, 5.41) is 10.4. The fourth-order valence-electron chi connectivity index (χ4n) is 4.07. The Morgan fingerprint density at radius 1 is 0.963 bits per heavy atom. The van der Waals surface area contributed by atoms with Crippen molar-refractivity contribution in [3.63, 3.8) is 0 Å². The molecule has 1 amide bonds. The van der Waals surface area contributed by atoms with Gasteiger partial charge in [-0.2, -0.15) is 0 Å². The average Bonchev–Trinajstić information content (AvgIpc) is 3.44. The molecule has 4 N–H and O–H groups in total. The summed E-state index contributed by atoms with van der Waals surface area (Å²) in [6, 6.07) is 0. The van der Waals surface area contributed by atoms with Gasteiger partial charge in [-0.3, -0.25) is 10.2 Å². The molecule has 0 aromatic heterocycles. The van der Waals surface area contributed by atoms with Crippen LogP contribution in [0, 0.1) is 11.3 Å². The molecule has 0 saturated heterocycles. The minimum absolute atomic E-state index is 0.0518. The van der Waals surface area contributed by atoms with Crippen molar-refractivity contribution >= 4 is 11.7 Å². The number of carbonyl (C=O) groups is 1. The van der Waals surface area contributed by atoms with E-state index in [2.05, 4.69) is 5.32 Å². The van der Waals surface area contributed by atoms with E-state index in [-0.39, 0.29) is 11.7 Å². The number of amides is 1. The van der Waals surface area contributed by atoms with E-state index in [0.29, 0.717) is 6.42 Å². The van der Waals surface area contributed by atoms with Crippen LogP contribution < -0.4 is 11.1 Å². The number of rotatable bonds is 15. The molecule has 156 valence electrons. The second-order valence-corrected chi connectivity index (χ2v) is 8.70. The summed E-state index contributed by atoms with van der Waals surface area (Å²) in [6.45, 7) is 1.93. The molecule has 2 fully saturated rings. The number of hydrogen-bond acceptors (Lipinski definition) is 3. The molecule has 2 saturated carbocycles.